The van der Waals surface area contributed by atoms with Gasteiger partial charge in [-0.2, -0.15) is 0 Å². The van der Waals surface area contributed by atoms with Crippen LogP contribution in [-0.4, -0.2) is 56.5 Å². The Morgan fingerprint density at radius 3 is 2.81 bits per heavy atom. The first-order chi connectivity index (χ1) is 12.4. The van der Waals surface area contributed by atoms with E-state index >= 15 is 0 Å². The first-order valence-electron chi connectivity index (χ1n) is 9.67. The Morgan fingerprint density at radius 1 is 1.23 bits per heavy atom. The van der Waals surface area contributed by atoms with Crippen molar-refractivity contribution in [1.29, 1.82) is 0 Å². The number of aliphatic hydroxyl groups is 2. The lowest BCUT2D eigenvalue weighted by atomic mass is 9.47. The van der Waals surface area contributed by atoms with Crippen molar-refractivity contribution in [1.82, 2.24) is 4.90 Å². The number of likely N-dealkylation sites (tertiary alicyclic amines) is 1. The third-order valence-electron chi connectivity index (χ3n) is 7.70. The maximum absolute atomic E-state index is 12.8. The number of carbonyl (C=O) groups is 1. The summed E-state index contributed by atoms with van der Waals surface area (Å²) in [7, 11) is 0. The second-order valence-corrected chi connectivity index (χ2v) is 8.86. The van der Waals surface area contributed by atoms with Crippen LogP contribution in [0.5, 0.6) is 11.5 Å². The topological polar surface area (TPSA) is 90.2 Å². The number of aromatic hydroxyl groups is 1. The van der Waals surface area contributed by atoms with Gasteiger partial charge in [-0.3, -0.25) is 9.69 Å². The molecule has 2 aliphatic heterocycles. The minimum atomic E-state index is -2.08. The number of hydrogen-bond donors (Lipinski definition) is 3. The van der Waals surface area contributed by atoms with Crippen LogP contribution < -0.4 is 4.74 Å². The number of ether oxygens (including phenoxy) is 1. The molecular formula is C20H23NO5. The average Bonchev–Trinajstić information content (AvgIpc) is 3.36. The predicted molar refractivity (Wildman–Crippen MR) is 91.0 cm³/mol. The average molecular weight is 357 g/mol. The molecule has 6 nitrogen and oxygen atoms in total. The van der Waals surface area contributed by atoms with Gasteiger partial charge < -0.3 is 20.1 Å². The molecule has 3 fully saturated rings. The number of hydrogen-bond acceptors (Lipinski definition) is 6. The van der Waals surface area contributed by atoms with Crippen LogP contribution in [0.15, 0.2) is 12.1 Å². The van der Waals surface area contributed by atoms with E-state index < -0.39 is 16.8 Å². The molecule has 26 heavy (non-hydrogen) atoms. The molecular weight excluding hydrogens is 334 g/mol. The minimum absolute atomic E-state index is 0.0741. The molecule has 2 bridgehead atoms. The summed E-state index contributed by atoms with van der Waals surface area (Å²) < 4.78 is 5.78. The Bertz CT molecular complexity index is 851. The number of carbonyl (C=O) groups excluding carboxylic acids is 1. The molecule has 0 aromatic heterocycles. The monoisotopic (exact) mass is 357 g/mol. The SMILES string of the molecule is O=C1CC[C@@]2(O)C3Cc4ccc(O)c5c4[C@@]2(CCN3CC2CC2)[C@@]1(O)O5. The van der Waals surface area contributed by atoms with Gasteiger partial charge in [0.1, 0.15) is 5.41 Å². The third-order valence-corrected chi connectivity index (χ3v) is 7.70. The van der Waals surface area contributed by atoms with Crippen LogP contribution >= 0.6 is 0 Å². The largest absolute Gasteiger partial charge is 0.504 e. The normalized spacial score (nSPS) is 43.2. The zero-order chi connectivity index (χ0) is 17.9. The Morgan fingerprint density at radius 2 is 2.04 bits per heavy atom. The number of phenols is 1. The fraction of sp³-hybridized carbons (Fsp3) is 0.650. The highest BCUT2D eigenvalue weighted by atomic mass is 16.6. The van der Waals surface area contributed by atoms with E-state index in [1.165, 1.54) is 12.8 Å². The fourth-order valence-electron chi connectivity index (χ4n) is 6.34. The quantitative estimate of drug-likeness (QED) is 0.727. The number of phenolic OH excluding ortho intramolecular Hbond substituents is 1. The van der Waals surface area contributed by atoms with E-state index in [0.29, 0.717) is 30.7 Å². The van der Waals surface area contributed by atoms with Gasteiger partial charge in [-0.25, -0.2) is 0 Å². The highest BCUT2D eigenvalue weighted by molar-refractivity contribution is 5.92. The summed E-state index contributed by atoms with van der Waals surface area (Å²) in [6.07, 6.45) is 4.02. The second kappa shape index (κ2) is 4.43. The fourth-order valence-corrected chi connectivity index (χ4v) is 6.34. The second-order valence-electron chi connectivity index (χ2n) is 8.86. The third kappa shape index (κ3) is 1.47. The molecule has 6 rings (SSSR count). The molecule has 4 atom stereocenters. The van der Waals surface area contributed by atoms with Crippen LogP contribution in [0.4, 0.5) is 0 Å². The summed E-state index contributed by atoms with van der Waals surface area (Å²) in [6, 6.07) is 3.29. The number of nitrogens with zero attached hydrogens (tertiary/aromatic N) is 1. The van der Waals surface area contributed by atoms with Crippen LogP contribution in [0, 0.1) is 5.92 Å². The molecule has 138 valence electrons. The van der Waals surface area contributed by atoms with Crippen molar-refractivity contribution in [3.05, 3.63) is 23.3 Å². The van der Waals surface area contributed by atoms with Crippen molar-refractivity contribution in [2.75, 3.05) is 13.1 Å². The molecule has 0 amide bonds. The van der Waals surface area contributed by atoms with Crippen molar-refractivity contribution in [3.8, 4) is 11.5 Å². The number of Topliss-reactive ketones (excluding diaryl/α,β-unsaturated/α-hetero) is 1. The standard InChI is InChI=1S/C20H23NO5/c22-13-4-3-12-9-14-19(24)6-5-15(23)20(25)18(19,16(12)17(13)26-20)7-8-21(14)10-11-1-2-11/h3-4,11,14,22,24-25H,1-2,5-10H2/t14?,18-,19-,20+/m1/s1. The first kappa shape index (κ1) is 15.4. The lowest BCUT2D eigenvalue weighted by molar-refractivity contribution is -0.267. The molecule has 6 heteroatoms. The van der Waals surface area contributed by atoms with E-state index in [0.717, 1.165) is 18.7 Å². The molecule has 2 heterocycles. The van der Waals surface area contributed by atoms with Gasteiger partial charge in [0.05, 0.1) is 5.60 Å². The molecule has 1 unspecified atom stereocenters. The zero-order valence-electron chi connectivity index (χ0n) is 14.6. The van der Waals surface area contributed by atoms with E-state index in [-0.39, 0.29) is 29.7 Å². The van der Waals surface area contributed by atoms with E-state index in [1.54, 1.807) is 6.07 Å². The van der Waals surface area contributed by atoms with Gasteiger partial charge >= 0.3 is 0 Å². The lowest BCUT2D eigenvalue weighted by Crippen LogP contribution is -2.80. The van der Waals surface area contributed by atoms with Crippen LogP contribution in [-0.2, 0) is 16.6 Å². The van der Waals surface area contributed by atoms with Crippen molar-refractivity contribution in [2.24, 2.45) is 5.92 Å². The van der Waals surface area contributed by atoms with Gasteiger partial charge in [0.2, 0.25) is 5.78 Å². The molecule has 2 saturated carbocycles. The van der Waals surface area contributed by atoms with Gasteiger partial charge in [-0.05, 0) is 56.2 Å². The van der Waals surface area contributed by atoms with Crippen molar-refractivity contribution in [2.45, 2.75) is 61.4 Å². The Hall–Kier alpha value is -1.63. The molecule has 3 N–H and O–H groups in total. The summed E-state index contributed by atoms with van der Waals surface area (Å²) in [4.78, 5) is 15.2. The Kier molecular flexibility index (Phi) is 2.63. The molecule has 0 radical (unpaired) electrons. The van der Waals surface area contributed by atoms with Crippen LogP contribution in [0.25, 0.3) is 0 Å². The maximum atomic E-state index is 12.8. The summed E-state index contributed by atoms with van der Waals surface area (Å²) in [5.74, 6) is -1.66. The number of piperidine rings is 1. The van der Waals surface area contributed by atoms with E-state index in [2.05, 4.69) is 4.90 Å². The lowest BCUT2D eigenvalue weighted by Gasteiger charge is -2.64. The van der Waals surface area contributed by atoms with Crippen LogP contribution in [0.1, 0.15) is 43.2 Å². The zero-order valence-corrected chi connectivity index (χ0v) is 14.6. The van der Waals surface area contributed by atoms with E-state index in [9.17, 15) is 20.1 Å². The Labute approximate surface area is 151 Å². The van der Waals surface area contributed by atoms with Gasteiger partial charge in [0, 0.05) is 24.6 Å². The molecule has 5 aliphatic rings. The summed E-state index contributed by atoms with van der Waals surface area (Å²) in [5, 5.41) is 33.7. The maximum Gasteiger partial charge on any atom is 0.281 e. The predicted octanol–water partition coefficient (Wildman–Crippen LogP) is 0.845. The molecule has 3 aliphatic carbocycles. The first-order valence-corrected chi connectivity index (χ1v) is 9.67. The van der Waals surface area contributed by atoms with Crippen molar-refractivity contribution >= 4 is 5.78 Å². The molecule has 1 aromatic carbocycles. The van der Waals surface area contributed by atoms with Crippen LogP contribution in [0.2, 0.25) is 0 Å². The number of benzene rings is 1. The molecule has 1 spiro atoms. The number of rotatable bonds is 2. The molecule has 1 saturated heterocycles. The van der Waals surface area contributed by atoms with Gasteiger partial charge in [-0.15, -0.1) is 0 Å². The summed E-state index contributed by atoms with van der Waals surface area (Å²) in [5.41, 5.74) is -0.771. The van der Waals surface area contributed by atoms with Gasteiger partial charge in [0.15, 0.2) is 11.5 Å². The van der Waals surface area contributed by atoms with E-state index in [4.69, 9.17) is 4.74 Å². The van der Waals surface area contributed by atoms with Gasteiger partial charge in [-0.1, -0.05) is 6.07 Å². The van der Waals surface area contributed by atoms with Crippen molar-refractivity contribution in [3.63, 3.8) is 0 Å². The number of ketones is 1. The van der Waals surface area contributed by atoms with E-state index in [1.807, 2.05) is 6.07 Å². The van der Waals surface area contributed by atoms with Crippen molar-refractivity contribution < 1.29 is 24.9 Å². The Balaban J connectivity index is 1.61. The minimum Gasteiger partial charge on any atom is -0.504 e. The smallest absolute Gasteiger partial charge is 0.281 e. The molecule has 1 aromatic rings. The van der Waals surface area contributed by atoms with Gasteiger partial charge in [0.25, 0.3) is 5.79 Å². The highest BCUT2D eigenvalue weighted by Gasteiger charge is 2.79. The summed E-state index contributed by atoms with van der Waals surface area (Å²) >= 11 is 0. The van der Waals surface area contributed by atoms with Crippen LogP contribution in [0.3, 0.4) is 0 Å². The summed E-state index contributed by atoms with van der Waals surface area (Å²) in [6.45, 7) is 1.69. The highest BCUT2D eigenvalue weighted by Crippen LogP contribution is 2.67.